The van der Waals surface area contributed by atoms with Crippen LogP contribution in [0, 0.1) is 5.41 Å². The second-order valence-corrected chi connectivity index (χ2v) is 17.2. The Morgan fingerprint density at radius 2 is 1.57 bits per heavy atom. The van der Waals surface area contributed by atoms with E-state index in [-0.39, 0.29) is 17.8 Å². The number of amides is 5. The van der Waals surface area contributed by atoms with E-state index in [4.69, 9.17) is 0 Å². The van der Waals surface area contributed by atoms with E-state index in [2.05, 4.69) is 21.3 Å². The summed E-state index contributed by atoms with van der Waals surface area (Å²) in [4.78, 5) is 68.1. The lowest BCUT2D eigenvalue weighted by molar-refractivity contribution is -0.790. The van der Waals surface area contributed by atoms with Gasteiger partial charge in [0.25, 0.3) is 15.9 Å². The number of hydrogen-bond donors (Lipinski definition) is 5. The highest BCUT2D eigenvalue weighted by atomic mass is 32.2. The fourth-order valence-corrected chi connectivity index (χ4v) is 9.40. The Morgan fingerprint density at radius 1 is 0.936 bits per heavy atom. The zero-order valence-corrected chi connectivity index (χ0v) is 30.3. The van der Waals surface area contributed by atoms with Crippen LogP contribution in [0.4, 0.5) is 4.79 Å². The van der Waals surface area contributed by atoms with Crippen LogP contribution >= 0.6 is 0 Å². The van der Waals surface area contributed by atoms with E-state index in [9.17, 15) is 32.4 Å². The highest BCUT2D eigenvalue weighted by Crippen LogP contribution is 2.30. The van der Waals surface area contributed by atoms with Gasteiger partial charge in [-0.3, -0.25) is 19.2 Å². The monoisotopic (exact) mass is 683 g/mol. The maximum absolute atomic E-state index is 14.1. The number of quaternary nitrogens is 1. The minimum atomic E-state index is -3.60. The Morgan fingerprint density at radius 3 is 2.11 bits per heavy atom. The van der Waals surface area contributed by atoms with E-state index in [1.54, 1.807) is 0 Å². The van der Waals surface area contributed by atoms with Crippen LogP contribution in [0.1, 0.15) is 119 Å². The van der Waals surface area contributed by atoms with Crippen molar-refractivity contribution in [3.63, 3.8) is 0 Å². The van der Waals surface area contributed by atoms with Gasteiger partial charge in [0.05, 0.1) is 24.2 Å². The Labute approximate surface area is 281 Å². The molecular formula is C33H59N6O7S+. The highest BCUT2D eigenvalue weighted by molar-refractivity contribution is 7.85. The summed E-state index contributed by atoms with van der Waals surface area (Å²) in [5.74, 6) is -2.51. The van der Waals surface area contributed by atoms with E-state index in [0.29, 0.717) is 55.9 Å². The first-order valence-electron chi connectivity index (χ1n) is 17.6. The SMILES string of the molecule is CCC[C@H](NC(=O)[C@@H]1CCCN1C(=O)[C@@H](NC(=O)NC1(CS(=O)(=O)[NH+](CC)C(C)C)CCCCC1)C(C)(C)C)C(=O)C(=O)NC1CC1. The van der Waals surface area contributed by atoms with Gasteiger partial charge < -0.3 is 26.2 Å². The summed E-state index contributed by atoms with van der Waals surface area (Å²) in [5.41, 5.74) is -1.70. The molecule has 268 valence electrons. The Balaban J connectivity index is 1.75. The lowest BCUT2D eigenvalue weighted by Crippen LogP contribution is -3.17. The van der Waals surface area contributed by atoms with Gasteiger partial charge in [-0.2, -0.15) is 8.42 Å². The molecule has 3 aliphatic rings. The first-order chi connectivity index (χ1) is 21.9. The second-order valence-electron chi connectivity index (χ2n) is 15.1. The largest absolute Gasteiger partial charge is 0.347 e. The van der Waals surface area contributed by atoms with Crippen molar-refractivity contribution in [1.29, 1.82) is 0 Å². The van der Waals surface area contributed by atoms with Crippen molar-refractivity contribution in [2.75, 3.05) is 18.8 Å². The molecule has 13 nitrogen and oxygen atoms in total. The van der Waals surface area contributed by atoms with Gasteiger partial charge in [0.15, 0.2) is 0 Å². The summed E-state index contributed by atoms with van der Waals surface area (Å²) >= 11 is 0. The lowest BCUT2D eigenvalue weighted by atomic mass is 9.83. The molecule has 5 amide bonds. The van der Waals surface area contributed by atoms with Crippen LogP contribution in [-0.2, 0) is 29.2 Å². The van der Waals surface area contributed by atoms with Gasteiger partial charge in [-0.1, -0.05) is 53.4 Å². The van der Waals surface area contributed by atoms with Crippen LogP contribution in [-0.4, -0.2) is 97.4 Å². The molecule has 1 heterocycles. The maximum atomic E-state index is 14.1. The molecule has 47 heavy (non-hydrogen) atoms. The maximum Gasteiger partial charge on any atom is 0.315 e. The van der Waals surface area contributed by atoms with E-state index in [0.717, 1.165) is 32.1 Å². The van der Waals surface area contributed by atoms with Gasteiger partial charge in [-0.25, -0.2) is 9.10 Å². The van der Waals surface area contributed by atoms with E-state index in [1.807, 2.05) is 48.5 Å². The van der Waals surface area contributed by atoms with Gasteiger partial charge >= 0.3 is 6.03 Å². The topological polar surface area (TPSA) is 175 Å². The summed E-state index contributed by atoms with van der Waals surface area (Å²) in [5, 5.41) is 11.3. The average molecular weight is 684 g/mol. The van der Waals surface area contributed by atoms with Crippen molar-refractivity contribution in [2.24, 2.45) is 5.41 Å². The minimum Gasteiger partial charge on any atom is -0.347 e. The molecule has 1 unspecified atom stereocenters. The van der Waals surface area contributed by atoms with Crippen LogP contribution < -0.4 is 25.6 Å². The van der Waals surface area contributed by atoms with Crippen molar-refractivity contribution < 1.29 is 36.7 Å². The number of sulfonamides is 1. The van der Waals surface area contributed by atoms with Gasteiger partial charge in [0.1, 0.15) is 17.8 Å². The zero-order valence-electron chi connectivity index (χ0n) is 29.5. The van der Waals surface area contributed by atoms with Gasteiger partial charge in [-0.05, 0) is 71.1 Å². The standard InChI is InChI=1S/C33H58N6O7S/c1-8-14-24(26(40)29(42)34-23-16-17-23)35-28(41)25-15-13-20-38(25)30(43)27(32(5,6)7)36-31(44)37-33(18-11-10-12-19-33)21-47(45,46)39(9-2)22(3)4/h22-25,27H,8-21H2,1-7H3,(H,34,42)(H,35,41)(H2,36,37,44)/p+1/t24-,25-,27+/m0/s1. The van der Waals surface area contributed by atoms with Crippen LogP contribution in [0.25, 0.3) is 0 Å². The van der Waals surface area contributed by atoms with Crippen LogP contribution in [0.2, 0.25) is 0 Å². The summed E-state index contributed by atoms with van der Waals surface area (Å²) in [7, 11) is -3.60. The third-order valence-corrected chi connectivity index (χ3v) is 12.1. The summed E-state index contributed by atoms with van der Waals surface area (Å²) in [6.07, 6.45) is 7.05. The molecule has 4 atom stereocenters. The third-order valence-electron chi connectivity index (χ3n) is 9.62. The summed E-state index contributed by atoms with van der Waals surface area (Å²) < 4.78 is 27.5. The van der Waals surface area contributed by atoms with Crippen molar-refractivity contribution in [3.05, 3.63) is 0 Å². The van der Waals surface area contributed by atoms with Crippen molar-refractivity contribution in [2.45, 2.75) is 155 Å². The molecule has 14 heteroatoms. The van der Waals surface area contributed by atoms with Crippen molar-refractivity contribution >= 4 is 39.6 Å². The van der Waals surface area contributed by atoms with Crippen molar-refractivity contribution in [1.82, 2.24) is 26.2 Å². The molecule has 2 saturated carbocycles. The molecule has 2 aliphatic carbocycles. The van der Waals surface area contributed by atoms with E-state index < -0.39 is 68.6 Å². The second kappa shape index (κ2) is 16.1. The number of hydrogen-bond acceptors (Lipinski definition) is 7. The molecule has 0 bridgehead atoms. The van der Waals surface area contributed by atoms with Gasteiger partial charge in [-0.15, -0.1) is 0 Å². The molecule has 0 aromatic heterocycles. The minimum absolute atomic E-state index is 0.0102. The first-order valence-corrected chi connectivity index (χ1v) is 19.2. The molecule has 0 aromatic carbocycles. The number of urea groups is 1. The predicted octanol–water partition coefficient (Wildman–Crippen LogP) is 1.17. The number of likely N-dealkylation sites (tertiary alicyclic amines) is 1. The number of ketones is 1. The number of nitrogens with one attached hydrogen (secondary N) is 5. The van der Waals surface area contributed by atoms with Gasteiger partial charge in [0, 0.05) is 12.6 Å². The fourth-order valence-electron chi connectivity index (χ4n) is 6.97. The number of carbonyl (C=O) groups excluding carboxylic acids is 5. The van der Waals surface area contributed by atoms with Gasteiger partial charge in [0.2, 0.25) is 17.6 Å². The lowest BCUT2D eigenvalue weighted by Gasteiger charge is -2.40. The molecule has 1 saturated heterocycles. The predicted molar refractivity (Wildman–Crippen MR) is 179 cm³/mol. The number of carbonyl (C=O) groups is 5. The molecule has 0 aromatic rings. The third kappa shape index (κ3) is 10.4. The van der Waals surface area contributed by atoms with E-state index >= 15 is 0 Å². The quantitative estimate of drug-likeness (QED) is 0.161. The van der Waals surface area contributed by atoms with Crippen molar-refractivity contribution in [3.8, 4) is 0 Å². The first kappa shape index (κ1) is 38.7. The molecular weight excluding hydrogens is 624 g/mol. The highest BCUT2D eigenvalue weighted by Gasteiger charge is 2.46. The Kier molecular flexibility index (Phi) is 13.3. The summed E-state index contributed by atoms with van der Waals surface area (Å²) in [6, 6.07) is -3.60. The Hall–Kier alpha value is -2.74. The average Bonchev–Trinajstić information content (AvgIpc) is 3.64. The number of rotatable bonds is 15. The molecule has 5 N–H and O–H groups in total. The van der Waals surface area contributed by atoms with E-state index in [1.165, 1.54) is 4.90 Å². The normalized spacial score (nSPS) is 21.8. The molecule has 1 aliphatic heterocycles. The van der Waals surface area contributed by atoms with Crippen LogP contribution in [0.15, 0.2) is 0 Å². The number of nitrogens with zero attached hydrogens (tertiary/aromatic N) is 1. The Bertz CT molecular complexity index is 1250. The van der Waals surface area contributed by atoms with Crippen LogP contribution in [0.5, 0.6) is 0 Å². The zero-order chi connectivity index (χ0) is 35.2. The smallest absolute Gasteiger partial charge is 0.315 e. The molecule has 3 rings (SSSR count). The fraction of sp³-hybridized carbons (Fsp3) is 0.848. The van der Waals surface area contributed by atoms with Crippen LogP contribution in [0.3, 0.4) is 0 Å². The number of Topliss-reactive ketones (excluding diaryl/α,β-unsaturated/α-hetero) is 1. The molecule has 3 fully saturated rings. The molecule has 0 radical (unpaired) electrons. The molecule has 0 spiro atoms. The summed E-state index contributed by atoms with van der Waals surface area (Å²) in [6.45, 7) is 13.6.